The summed E-state index contributed by atoms with van der Waals surface area (Å²) in [6, 6.07) is 13.1. The smallest absolute Gasteiger partial charge is 0.0605 e. The molecule has 1 aromatic heterocycles. The van der Waals surface area contributed by atoms with Gasteiger partial charge in [0.25, 0.3) is 0 Å². The fourth-order valence-corrected chi connectivity index (χ4v) is 2.72. The van der Waals surface area contributed by atoms with Crippen LogP contribution in [0.25, 0.3) is 0 Å². The van der Waals surface area contributed by atoms with Gasteiger partial charge in [0.15, 0.2) is 0 Å². The van der Waals surface area contributed by atoms with Crippen molar-refractivity contribution in [1.82, 2.24) is 10.3 Å². The molecule has 3 heteroatoms. The molecule has 2 aromatic rings. The Bertz CT molecular complexity index is 536. The molecular weight excluding hydrogens is 288 g/mol. The van der Waals surface area contributed by atoms with Gasteiger partial charge in [0.2, 0.25) is 0 Å². The number of hydrogen-bond donors (Lipinski definition) is 1. The molecule has 0 radical (unpaired) electrons. The summed E-state index contributed by atoms with van der Waals surface area (Å²) in [6.45, 7) is 0.897. The molecule has 1 unspecified atom stereocenters. The van der Waals surface area contributed by atoms with Crippen LogP contribution in [0.4, 0.5) is 0 Å². The van der Waals surface area contributed by atoms with Crippen molar-refractivity contribution in [3.63, 3.8) is 0 Å². The summed E-state index contributed by atoms with van der Waals surface area (Å²) < 4.78 is 1.12. The molecule has 92 valence electrons. The maximum Gasteiger partial charge on any atom is 0.0605 e. The van der Waals surface area contributed by atoms with Gasteiger partial charge in [-0.15, -0.1) is 0 Å². The SMILES string of the molecule is Brc1ccc(CNC2CCc3cccnc32)cc1. The largest absolute Gasteiger partial charge is 0.304 e. The standard InChI is InChI=1S/C15H15BrN2/c16-13-6-3-11(4-7-13)10-18-14-8-5-12-2-1-9-17-15(12)14/h1-4,6-7,9,14,18H,5,8,10H2. The molecule has 0 spiro atoms. The van der Waals surface area contributed by atoms with Crippen molar-refractivity contribution in [2.75, 3.05) is 0 Å². The number of hydrogen-bond acceptors (Lipinski definition) is 2. The minimum absolute atomic E-state index is 0.407. The van der Waals surface area contributed by atoms with E-state index in [4.69, 9.17) is 0 Å². The van der Waals surface area contributed by atoms with Gasteiger partial charge in [-0.05, 0) is 42.2 Å². The Morgan fingerprint density at radius 3 is 2.89 bits per heavy atom. The second kappa shape index (κ2) is 5.21. The molecule has 1 heterocycles. The summed E-state index contributed by atoms with van der Waals surface area (Å²) in [6.07, 6.45) is 4.18. The van der Waals surface area contributed by atoms with Gasteiger partial charge in [-0.3, -0.25) is 4.98 Å². The Balaban J connectivity index is 1.67. The lowest BCUT2D eigenvalue weighted by Gasteiger charge is -2.13. The highest BCUT2D eigenvalue weighted by atomic mass is 79.9. The zero-order valence-corrected chi connectivity index (χ0v) is 11.7. The van der Waals surface area contributed by atoms with Crippen molar-refractivity contribution in [3.8, 4) is 0 Å². The van der Waals surface area contributed by atoms with Crippen LogP contribution < -0.4 is 5.32 Å². The topological polar surface area (TPSA) is 24.9 Å². The molecule has 1 atom stereocenters. The average molecular weight is 303 g/mol. The van der Waals surface area contributed by atoms with Crippen LogP contribution in [0.3, 0.4) is 0 Å². The predicted molar refractivity (Wildman–Crippen MR) is 76.3 cm³/mol. The fraction of sp³-hybridized carbons (Fsp3) is 0.267. The molecule has 3 rings (SSSR count). The monoisotopic (exact) mass is 302 g/mol. The number of halogens is 1. The number of pyridine rings is 1. The molecule has 0 bridgehead atoms. The van der Waals surface area contributed by atoms with Crippen LogP contribution in [0.1, 0.15) is 29.3 Å². The number of fused-ring (bicyclic) bond motifs is 1. The first-order valence-corrected chi connectivity index (χ1v) is 7.04. The Kier molecular flexibility index (Phi) is 3.43. The van der Waals surface area contributed by atoms with E-state index in [0.717, 1.165) is 23.9 Å². The Hall–Kier alpha value is -1.19. The summed E-state index contributed by atoms with van der Waals surface area (Å²) in [5.41, 5.74) is 3.93. The van der Waals surface area contributed by atoms with E-state index in [1.165, 1.54) is 16.8 Å². The van der Waals surface area contributed by atoms with Crippen molar-refractivity contribution in [2.45, 2.75) is 25.4 Å². The van der Waals surface area contributed by atoms with Crippen LogP contribution in [0, 0.1) is 0 Å². The molecule has 0 fully saturated rings. The molecule has 1 aromatic carbocycles. The fourth-order valence-electron chi connectivity index (χ4n) is 2.45. The van der Waals surface area contributed by atoms with E-state index in [1.54, 1.807) is 0 Å². The molecule has 0 saturated heterocycles. The van der Waals surface area contributed by atoms with Crippen molar-refractivity contribution in [1.29, 1.82) is 0 Å². The van der Waals surface area contributed by atoms with Crippen molar-refractivity contribution in [2.24, 2.45) is 0 Å². The van der Waals surface area contributed by atoms with Gasteiger partial charge in [-0.25, -0.2) is 0 Å². The van der Waals surface area contributed by atoms with Gasteiger partial charge in [-0.2, -0.15) is 0 Å². The second-order valence-electron chi connectivity index (χ2n) is 4.65. The molecule has 0 aliphatic heterocycles. The van der Waals surface area contributed by atoms with Gasteiger partial charge in [0.05, 0.1) is 11.7 Å². The third-order valence-electron chi connectivity index (χ3n) is 3.42. The maximum atomic E-state index is 4.50. The molecule has 0 amide bonds. The Morgan fingerprint density at radius 1 is 1.22 bits per heavy atom. The molecular formula is C15H15BrN2. The van der Waals surface area contributed by atoms with Crippen LogP contribution in [-0.2, 0) is 13.0 Å². The highest BCUT2D eigenvalue weighted by molar-refractivity contribution is 9.10. The zero-order valence-electron chi connectivity index (χ0n) is 10.1. The van der Waals surface area contributed by atoms with E-state index in [-0.39, 0.29) is 0 Å². The number of nitrogens with one attached hydrogen (secondary N) is 1. The lowest BCUT2D eigenvalue weighted by molar-refractivity contribution is 0.521. The first-order chi connectivity index (χ1) is 8.83. The third kappa shape index (κ3) is 2.47. The molecule has 18 heavy (non-hydrogen) atoms. The highest BCUT2D eigenvalue weighted by Crippen LogP contribution is 2.29. The normalized spacial score (nSPS) is 17.7. The van der Waals surface area contributed by atoms with Gasteiger partial charge in [0.1, 0.15) is 0 Å². The van der Waals surface area contributed by atoms with Crippen molar-refractivity contribution in [3.05, 3.63) is 63.9 Å². The molecule has 1 aliphatic rings. The average Bonchev–Trinajstić information content (AvgIpc) is 2.82. The third-order valence-corrected chi connectivity index (χ3v) is 3.95. The number of rotatable bonds is 3. The van der Waals surface area contributed by atoms with E-state index in [2.05, 4.69) is 56.6 Å². The molecule has 1 N–H and O–H groups in total. The van der Waals surface area contributed by atoms with Crippen LogP contribution in [0.5, 0.6) is 0 Å². The summed E-state index contributed by atoms with van der Waals surface area (Å²) in [7, 11) is 0. The van der Waals surface area contributed by atoms with Crippen molar-refractivity contribution >= 4 is 15.9 Å². The Morgan fingerprint density at radius 2 is 2.06 bits per heavy atom. The maximum absolute atomic E-state index is 4.50. The quantitative estimate of drug-likeness (QED) is 0.937. The molecule has 0 saturated carbocycles. The van der Waals surface area contributed by atoms with E-state index < -0.39 is 0 Å². The summed E-state index contributed by atoms with van der Waals surface area (Å²) in [5.74, 6) is 0. The van der Waals surface area contributed by atoms with E-state index >= 15 is 0 Å². The van der Waals surface area contributed by atoms with E-state index in [9.17, 15) is 0 Å². The van der Waals surface area contributed by atoms with E-state index in [1.807, 2.05) is 12.3 Å². The van der Waals surface area contributed by atoms with Gasteiger partial charge in [-0.1, -0.05) is 34.1 Å². The minimum atomic E-state index is 0.407. The lowest BCUT2D eigenvalue weighted by atomic mass is 10.2. The minimum Gasteiger partial charge on any atom is -0.304 e. The number of benzene rings is 1. The number of aryl methyl sites for hydroxylation is 1. The first kappa shape index (κ1) is 11.9. The van der Waals surface area contributed by atoms with Gasteiger partial charge in [0, 0.05) is 17.2 Å². The van der Waals surface area contributed by atoms with E-state index in [0.29, 0.717) is 6.04 Å². The lowest BCUT2D eigenvalue weighted by Crippen LogP contribution is -2.19. The van der Waals surface area contributed by atoms with Crippen LogP contribution in [0.15, 0.2) is 47.1 Å². The number of nitrogens with zero attached hydrogens (tertiary/aromatic N) is 1. The van der Waals surface area contributed by atoms with Crippen LogP contribution in [0.2, 0.25) is 0 Å². The first-order valence-electron chi connectivity index (χ1n) is 6.24. The zero-order chi connectivity index (χ0) is 12.4. The summed E-state index contributed by atoms with van der Waals surface area (Å²) in [5, 5.41) is 3.60. The second-order valence-corrected chi connectivity index (χ2v) is 5.56. The van der Waals surface area contributed by atoms with Crippen molar-refractivity contribution < 1.29 is 0 Å². The summed E-state index contributed by atoms with van der Waals surface area (Å²) >= 11 is 3.45. The van der Waals surface area contributed by atoms with Gasteiger partial charge >= 0.3 is 0 Å². The Labute approximate surface area is 116 Å². The van der Waals surface area contributed by atoms with Crippen LogP contribution >= 0.6 is 15.9 Å². The predicted octanol–water partition coefficient (Wildman–Crippen LogP) is 3.62. The molecule has 1 aliphatic carbocycles. The van der Waals surface area contributed by atoms with Crippen LogP contribution in [-0.4, -0.2) is 4.98 Å². The number of aromatic nitrogens is 1. The molecule has 2 nitrogen and oxygen atoms in total. The highest BCUT2D eigenvalue weighted by Gasteiger charge is 2.22. The summed E-state index contributed by atoms with van der Waals surface area (Å²) in [4.78, 5) is 4.50. The van der Waals surface area contributed by atoms with Gasteiger partial charge < -0.3 is 5.32 Å².